The summed E-state index contributed by atoms with van der Waals surface area (Å²) in [6.45, 7) is 0. The first-order valence-electron chi connectivity index (χ1n) is 6.24. The molecule has 0 spiro atoms. The normalized spacial score (nSPS) is 19.1. The number of carbonyl (C=O) groups excluding carboxylic acids is 2. The number of rotatable bonds is 2. The lowest BCUT2D eigenvalue weighted by atomic mass is 10.1. The van der Waals surface area contributed by atoms with E-state index in [1.165, 1.54) is 6.07 Å². The average molecular weight is 272 g/mol. The Morgan fingerprint density at radius 2 is 2.10 bits per heavy atom. The van der Waals surface area contributed by atoms with Gasteiger partial charge in [-0.25, -0.2) is 4.79 Å². The summed E-state index contributed by atoms with van der Waals surface area (Å²) in [5, 5.41) is 12.0. The molecule has 2 heterocycles. The van der Waals surface area contributed by atoms with Crippen LogP contribution in [0.3, 0.4) is 0 Å². The fourth-order valence-electron chi connectivity index (χ4n) is 2.52. The van der Waals surface area contributed by atoms with Crippen molar-refractivity contribution in [1.29, 1.82) is 0 Å². The van der Waals surface area contributed by atoms with E-state index in [-0.39, 0.29) is 17.4 Å². The predicted octanol–water partition coefficient (Wildman–Crippen LogP) is 1.32. The summed E-state index contributed by atoms with van der Waals surface area (Å²) in [4.78, 5) is 34.0. The van der Waals surface area contributed by atoms with Gasteiger partial charge in [0.25, 0.3) is 0 Å². The van der Waals surface area contributed by atoms with Gasteiger partial charge in [-0.3, -0.25) is 14.9 Å². The quantitative estimate of drug-likeness (QED) is 0.807. The monoisotopic (exact) mass is 272 g/mol. The van der Waals surface area contributed by atoms with Crippen molar-refractivity contribution in [1.82, 2.24) is 9.88 Å². The highest BCUT2D eigenvalue weighted by Gasteiger charge is 2.28. The zero-order chi connectivity index (χ0) is 14.3. The highest BCUT2D eigenvalue weighted by atomic mass is 16.4. The van der Waals surface area contributed by atoms with E-state index in [1.54, 1.807) is 29.0 Å². The Bertz CT molecular complexity index is 732. The number of nitrogens with one attached hydrogen (secondary N) is 1. The fourth-order valence-corrected chi connectivity index (χ4v) is 2.52. The third kappa shape index (κ3) is 1.95. The van der Waals surface area contributed by atoms with Gasteiger partial charge in [0.15, 0.2) is 0 Å². The Morgan fingerprint density at radius 3 is 2.80 bits per heavy atom. The lowest BCUT2D eigenvalue weighted by molar-refractivity contribution is -0.135. The van der Waals surface area contributed by atoms with Crippen molar-refractivity contribution < 1.29 is 19.5 Å². The Morgan fingerprint density at radius 1 is 1.30 bits per heavy atom. The number of amides is 2. The highest BCUT2D eigenvalue weighted by Crippen LogP contribution is 2.26. The summed E-state index contributed by atoms with van der Waals surface area (Å²) in [7, 11) is 0. The second-order valence-corrected chi connectivity index (χ2v) is 4.77. The molecule has 1 aromatic carbocycles. The van der Waals surface area contributed by atoms with Gasteiger partial charge in [0, 0.05) is 23.5 Å². The van der Waals surface area contributed by atoms with Crippen LogP contribution >= 0.6 is 0 Å². The minimum Gasteiger partial charge on any atom is -0.478 e. The first kappa shape index (κ1) is 12.4. The number of piperidine rings is 1. The van der Waals surface area contributed by atoms with Crippen LogP contribution in [-0.4, -0.2) is 27.5 Å². The van der Waals surface area contributed by atoms with Crippen LogP contribution in [0, 0.1) is 0 Å². The topological polar surface area (TPSA) is 88.4 Å². The number of benzene rings is 1. The van der Waals surface area contributed by atoms with Gasteiger partial charge in [-0.05, 0) is 30.7 Å². The molecule has 1 unspecified atom stereocenters. The molecule has 1 aliphatic rings. The number of hydrogen-bond acceptors (Lipinski definition) is 3. The number of carboxylic acids is 1. The molecule has 0 saturated carbocycles. The summed E-state index contributed by atoms with van der Waals surface area (Å²) in [5.74, 6) is -1.56. The van der Waals surface area contributed by atoms with Gasteiger partial charge in [0.1, 0.15) is 6.04 Å². The molecule has 6 nitrogen and oxygen atoms in total. The first-order chi connectivity index (χ1) is 9.56. The standard InChI is InChI=1S/C14H12N2O4/c17-12-4-3-11(13(18)15-12)16-6-5-8-7-9(14(19)20)1-2-10(8)16/h1-2,5-7,11H,3-4H2,(H,19,20)(H,15,17,18). The predicted molar refractivity (Wildman–Crippen MR) is 70.3 cm³/mol. The summed E-state index contributed by atoms with van der Waals surface area (Å²) in [6.07, 6.45) is 2.51. The van der Waals surface area contributed by atoms with Crippen LogP contribution in [0.5, 0.6) is 0 Å². The van der Waals surface area contributed by atoms with Crippen molar-refractivity contribution in [2.75, 3.05) is 0 Å². The van der Waals surface area contributed by atoms with Crippen molar-refractivity contribution in [2.45, 2.75) is 18.9 Å². The molecule has 1 fully saturated rings. The van der Waals surface area contributed by atoms with E-state index in [0.29, 0.717) is 12.8 Å². The van der Waals surface area contributed by atoms with Crippen molar-refractivity contribution in [2.24, 2.45) is 0 Å². The lowest BCUT2D eigenvalue weighted by Gasteiger charge is -2.23. The number of carbonyl (C=O) groups is 3. The molecular formula is C14H12N2O4. The van der Waals surface area contributed by atoms with Crippen LogP contribution < -0.4 is 5.32 Å². The van der Waals surface area contributed by atoms with E-state index in [2.05, 4.69) is 5.32 Å². The number of fused-ring (bicyclic) bond motifs is 1. The molecule has 2 amide bonds. The first-order valence-corrected chi connectivity index (χ1v) is 6.24. The number of aromatic nitrogens is 1. The van der Waals surface area contributed by atoms with Crippen LogP contribution in [-0.2, 0) is 9.59 Å². The number of carboxylic acid groups (broad SMARTS) is 1. The second-order valence-electron chi connectivity index (χ2n) is 4.77. The maximum atomic E-state index is 11.9. The Labute approximate surface area is 114 Å². The molecular weight excluding hydrogens is 260 g/mol. The van der Waals surface area contributed by atoms with Gasteiger partial charge in [0.2, 0.25) is 11.8 Å². The van der Waals surface area contributed by atoms with Crippen molar-refractivity contribution >= 4 is 28.7 Å². The molecule has 6 heteroatoms. The summed E-state index contributed by atoms with van der Waals surface area (Å²) in [5.41, 5.74) is 0.989. The van der Waals surface area contributed by atoms with Crippen LogP contribution in [0.15, 0.2) is 30.5 Å². The average Bonchev–Trinajstić information content (AvgIpc) is 2.81. The van der Waals surface area contributed by atoms with Crippen LogP contribution in [0.2, 0.25) is 0 Å². The van der Waals surface area contributed by atoms with Gasteiger partial charge in [-0.2, -0.15) is 0 Å². The number of aromatic carboxylic acids is 1. The zero-order valence-corrected chi connectivity index (χ0v) is 10.5. The maximum Gasteiger partial charge on any atom is 0.335 e. The molecule has 1 saturated heterocycles. The second kappa shape index (κ2) is 4.48. The molecule has 2 N–H and O–H groups in total. The molecule has 2 aromatic rings. The largest absolute Gasteiger partial charge is 0.478 e. The molecule has 1 aliphatic heterocycles. The smallest absolute Gasteiger partial charge is 0.335 e. The maximum absolute atomic E-state index is 11.9. The van der Waals surface area contributed by atoms with Gasteiger partial charge in [0.05, 0.1) is 5.56 Å². The van der Waals surface area contributed by atoms with Crippen molar-refractivity contribution in [3.8, 4) is 0 Å². The van der Waals surface area contributed by atoms with E-state index in [0.717, 1.165) is 10.9 Å². The molecule has 1 atom stereocenters. The SMILES string of the molecule is O=C1CCC(n2ccc3cc(C(=O)O)ccc32)C(=O)N1. The minimum absolute atomic E-state index is 0.207. The van der Waals surface area contributed by atoms with Gasteiger partial charge in [-0.15, -0.1) is 0 Å². The summed E-state index contributed by atoms with van der Waals surface area (Å²) in [6, 6.07) is 6.10. The van der Waals surface area contributed by atoms with Gasteiger partial charge < -0.3 is 9.67 Å². The number of hydrogen-bond donors (Lipinski definition) is 2. The molecule has 0 radical (unpaired) electrons. The fraction of sp³-hybridized carbons (Fsp3) is 0.214. The van der Waals surface area contributed by atoms with E-state index >= 15 is 0 Å². The third-order valence-corrected chi connectivity index (χ3v) is 3.51. The van der Waals surface area contributed by atoms with E-state index in [1.807, 2.05) is 0 Å². The Hall–Kier alpha value is -2.63. The summed E-state index contributed by atoms with van der Waals surface area (Å²) >= 11 is 0. The summed E-state index contributed by atoms with van der Waals surface area (Å²) < 4.78 is 1.78. The molecule has 3 rings (SSSR count). The number of imide groups is 1. The molecule has 20 heavy (non-hydrogen) atoms. The highest BCUT2D eigenvalue weighted by molar-refractivity contribution is 6.00. The zero-order valence-electron chi connectivity index (χ0n) is 10.5. The van der Waals surface area contributed by atoms with Crippen molar-refractivity contribution in [3.63, 3.8) is 0 Å². The van der Waals surface area contributed by atoms with E-state index in [9.17, 15) is 14.4 Å². The lowest BCUT2D eigenvalue weighted by Crippen LogP contribution is -2.41. The van der Waals surface area contributed by atoms with E-state index < -0.39 is 12.0 Å². The van der Waals surface area contributed by atoms with Crippen molar-refractivity contribution in [3.05, 3.63) is 36.0 Å². The van der Waals surface area contributed by atoms with Crippen LogP contribution in [0.1, 0.15) is 29.2 Å². The van der Waals surface area contributed by atoms with Gasteiger partial charge >= 0.3 is 5.97 Å². The third-order valence-electron chi connectivity index (χ3n) is 3.51. The van der Waals surface area contributed by atoms with Gasteiger partial charge in [-0.1, -0.05) is 0 Å². The number of nitrogens with zero attached hydrogens (tertiary/aromatic N) is 1. The molecule has 1 aromatic heterocycles. The molecule has 0 aliphatic carbocycles. The van der Waals surface area contributed by atoms with Crippen LogP contribution in [0.4, 0.5) is 0 Å². The van der Waals surface area contributed by atoms with E-state index in [4.69, 9.17) is 5.11 Å². The Kier molecular flexibility index (Phi) is 2.78. The Balaban J connectivity index is 2.02. The molecule has 102 valence electrons. The molecule has 0 bridgehead atoms. The minimum atomic E-state index is -0.986. The van der Waals surface area contributed by atoms with Crippen LogP contribution in [0.25, 0.3) is 10.9 Å².